The van der Waals surface area contributed by atoms with E-state index in [0.717, 1.165) is 33.3 Å². The van der Waals surface area contributed by atoms with Gasteiger partial charge in [-0.15, -0.1) is 0 Å². The largest absolute Gasteiger partial charge is 0.497 e. The smallest absolute Gasteiger partial charge is 0.417 e. The summed E-state index contributed by atoms with van der Waals surface area (Å²) in [5.74, 6) is 1.18. The van der Waals surface area contributed by atoms with Gasteiger partial charge in [-0.05, 0) is 54.8 Å². The van der Waals surface area contributed by atoms with Crippen LogP contribution in [0.1, 0.15) is 22.3 Å². The van der Waals surface area contributed by atoms with Crippen LogP contribution in [-0.2, 0) is 13.1 Å². The molecule has 1 amide bonds. The molecule has 4 rings (SSSR count). The van der Waals surface area contributed by atoms with Crippen molar-refractivity contribution in [3.8, 4) is 11.6 Å². The summed E-state index contributed by atoms with van der Waals surface area (Å²) >= 11 is 0. The molecule has 0 radical (unpaired) electrons. The first-order chi connectivity index (χ1) is 12.5. The number of fused-ring (bicyclic) bond motifs is 2. The van der Waals surface area contributed by atoms with Gasteiger partial charge < -0.3 is 9.47 Å². The average molecular weight is 348 g/mol. The normalized spacial score (nSPS) is 13.5. The lowest BCUT2D eigenvalue weighted by Crippen LogP contribution is -2.36. The Hall–Kier alpha value is -3.08. The molecule has 5 nitrogen and oxygen atoms in total. The van der Waals surface area contributed by atoms with Crippen molar-refractivity contribution in [1.29, 1.82) is 0 Å². The molecule has 0 bridgehead atoms. The maximum absolute atomic E-state index is 12.4. The molecule has 3 aromatic rings. The highest BCUT2D eigenvalue weighted by molar-refractivity contribution is 5.85. The van der Waals surface area contributed by atoms with Crippen molar-refractivity contribution in [2.75, 3.05) is 7.11 Å². The summed E-state index contributed by atoms with van der Waals surface area (Å²) in [7, 11) is 1.63. The first kappa shape index (κ1) is 16.4. The number of rotatable bonds is 3. The molecule has 1 aromatic heterocycles. The summed E-state index contributed by atoms with van der Waals surface area (Å²) in [5.41, 5.74) is 5.09. The monoisotopic (exact) mass is 348 g/mol. The molecule has 0 unspecified atom stereocenters. The van der Waals surface area contributed by atoms with Gasteiger partial charge in [0, 0.05) is 17.5 Å². The van der Waals surface area contributed by atoms with Crippen LogP contribution in [0.25, 0.3) is 10.9 Å². The van der Waals surface area contributed by atoms with Crippen molar-refractivity contribution < 1.29 is 14.3 Å². The van der Waals surface area contributed by atoms with Gasteiger partial charge in [0.1, 0.15) is 5.75 Å². The first-order valence-electron chi connectivity index (χ1n) is 8.54. The summed E-state index contributed by atoms with van der Waals surface area (Å²) in [6, 6.07) is 13.9. The maximum Gasteiger partial charge on any atom is 0.417 e. The van der Waals surface area contributed by atoms with Crippen molar-refractivity contribution >= 4 is 17.0 Å². The quantitative estimate of drug-likeness (QED) is 0.705. The number of hydrogen-bond acceptors (Lipinski definition) is 4. The van der Waals surface area contributed by atoms with E-state index < -0.39 is 0 Å². The van der Waals surface area contributed by atoms with E-state index in [2.05, 4.69) is 24.0 Å². The number of aryl methyl sites for hydroxylation is 2. The highest BCUT2D eigenvalue weighted by atomic mass is 16.6. The summed E-state index contributed by atoms with van der Waals surface area (Å²) < 4.78 is 10.8. The molecule has 0 spiro atoms. The fraction of sp³-hybridized carbons (Fsp3) is 0.238. The third-order valence-electron chi connectivity index (χ3n) is 4.64. The standard InChI is InChI=1S/C21H20N2O3/c1-13-7-14(2)18-10-16-12-23(11-15-5-4-6-17(9-15)25-3)21(24)26-20(16)22-19(18)8-13/h4-10H,11-12H2,1-3H3. The van der Waals surface area contributed by atoms with Crippen LogP contribution in [0, 0.1) is 13.8 Å². The second-order valence-electron chi connectivity index (χ2n) is 6.68. The van der Waals surface area contributed by atoms with Crippen LogP contribution in [0.3, 0.4) is 0 Å². The minimum atomic E-state index is -0.378. The highest BCUT2D eigenvalue weighted by Gasteiger charge is 2.27. The molecule has 132 valence electrons. The summed E-state index contributed by atoms with van der Waals surface area (Å²) in [5, 5.41) is 1.09. The Morgan fingerprint density at radius 2 is 2.04 bits per heavy atom. The SMILES string of the molecule is COc1cccc(CN2Cc3cc4c(C)cc(C)cc4nc3OC2=O)c1. The van der Waals surface area contributed by atoms with Gasteiger partial charge in [-0.3, -0.25) is 4.90 Å². The molecular weight excluding hydrogens is 328 g/mol. The molecule has 2 aromatic carbocycles. The van der Waals surface area contributed by atoms with Crippen molar-refractivity contribution in [2.45, 2.75) is 26.9 Å². The van der Waals surface area contributed by atoms with Gasteiger partial charge >= 0.3 is 6.09 Å². The Morgan fingerprint density at radius 3 is 2.85 bits per heavy atom. The van der Waals surface area contributed by atoms with Crippen molar-refractivity contribution in [3.63, 3.8) is 0 Å². The van der Waals surface area contributed by atoms with Gasteiger partial charge in [0.2, 0.25) is 5.88 Å². The van der Waals surface area contributed by atoms with E-state index in [-0.39, 0.29) is 6.09 Å². The maximum atomic E-state index is 12.4. The van der Waals surface area contributed by atoms with Crippen LogP contribution in [-0.4, -0.2) is 23.1 Å². The fourth-order valence-electron chi connectivity index (χ4n) is 3.38. The van der Waals surface area contributed by atoms with E-state index in [0.29, 0.717) is 19.0 Å². The topological polar surface area (TPSA) is 51.7 Å². The summed E-state index contributed by atoms with van der Waals surface area (Å²) in [6.45, 7) is 5.05. The number of amides is 1. The van der Waals surface area contributed by atoms with E-state index in [1.165, 1.54) is 5.56 Å². The molecule has 5 heteroatoms. The zero-order valence-corrected chi connectivity index (χ0v) is 15.1. The van der Waals surface area contributed by atoms with Gasteiger partial charge in [0.25, 0.3) is 0 Å². The minimum absolute atomic E-state index is 0.378. The van der Waals surface area contributed by atoms with Crippen molar-refractivity contribution in [3.05, 3.63) is 64.7 Å². The molecule has 0 aliphatic carbocycles. The Bertz CT molecular complexity index is 1010. The molecule has 0 saturated carbocycles. The van der Waals surface area contributed by atoms with Gasteiger partial charge in [-0.1, -0.05) is 18.2 Å². The number of hydrogen-bond donors (Lipinski definition) is 0. The average Bonchev–Trinajstić information content (AvgIpc) is 2.61. The van der Waals surface area contributed by atoms with Crippen LogP contribution in [0.4, 0.5) is 4.79 Å². The lowest BCUT2D eigenvalue weighted by Gasteiger charge is -2.27. The molecule has 0 N–H and O–H groups in total. The van der Waals surface area contributed by atoms with Crippen LogP contribution in [0.15, 0.2) is 42.5 Å². The van der Waals surface area contributed by atoms with Gasteiger partial charge in [-0.25, -0.2) is 9.78 Å². The molecule has 26 heavy (non-hydrogen) atoms. The fourth-order valence-corrected chi connectivity index (χ4v) is 3.38. The van der Waals surface area contributed by atoms with Crippen LogP contribution >= 0.6 is 0 Å². The number of carbonyl (C=O) groups is 1. The molecular formula is C21H20N2O3. The predicted octanol–water partition coefficient (Wildman–Crippen LogP) is 4.37. The van der Waals surface area contributed by atoms with E-state index in [1.807, 2.05) is 37.3 Å². The predicted molar refractivity (Wildman–Crippen MR) is 99.5 cm³/mol. The number of nitrogens with zero attached hydrogens (tertiary/aromatic N) is 2. The summed E-state index contributed by atoms with van der Waals surface area (Å²) in [4.78, 5) is 18.7. The van der Waals surface area contributed by atoms with Gasteiger partial charge in [-0.2, -0.15) is 0 Å². The molecule has 1 aliphatic heterocycles. The Balaban J connectivity index is 1.66. The second kappa shape index (κ2) is 6.33. The molecule has 1 aliphatic rings. The number of pyridine rings is 1. The zero-order valence-electron chi connectivity index (χ0n) is 15.1. The second-order valence-corrected chi connectivity index (χ2v) is 6.68. The molecule has 2 heterocycles. The number of ether oxygens (including phenoxy) is 2. The number of methoxy groups -OCH3 is 1. The molecule has 0 atom stereocenters. The third-order valence-corrected chi connectivity index (χ3v) is 4.64. The van der Waals surface area contributed by atoms with Gasteiger partial charge in [0.15, 0.2) is 0 Å². The number of carbonyl (C=O) groups excluding carboxylic acids is 1. The Labute approximate surface area is 152 Å². The molecule has 0 fully saturated rings. The summed E-state index contributed by atoms with van der Waals surface area (Å²) in [6.07, 6.45) is -0.378. The lowest BCUT2D eigenvalue weighted by molar-refractivity contribution is 0.133. The van der Waals surface area contributed by atoms with Crippen molar-refractivity contribution in [1.82, 2.24) is 9.88 Å². The third kappa shape index (κ3) is 2.96. The highest BCUT2D eigenvalue weighted by Crippen LogP contribution is 2.30. The van der Waals surface area contributed by atoms with E-state index in [9.17, 15) is 4.79 Å². The number of aromatic nitrogens is 1. The van der Waals surface area contributed by atoms with E-state index in [1.54, 1.807) is 12.0 Å². The Kier molecular flexibility index (Phi) is 3.99. The molecule has 0 saturated heterocycles. The Morgan fingerprint density at radius 1 is 1.19 bits per heavy atom. The lowest BCUT2D eigenvalue weighted by atomic mass is 10.0. The van der Waals surface area contributed by atoms with E-state index in [4.69, 9.17) is 9.47 Å². The van der Waals surface area contributed by atoms with Gasteiger partial charge in [0.05, 0.1) is 19.2 Å². The first-order valence-corrected chi connectivity index (χ1v) is 8.54. The van der Waals surface area contributed by atoms with Crippen molar-refractivity contribution in [2.24, 2.45) is 0 Å². The van der Waals surface area contributed by atoms with E-state index >= 15 is 0 Å². The van der Waals surface area contributed by atoms with Crippen LogP contribution in [0.2, 0.25) is 0 Å². The minimum Gasteiger partial charge on any atom is -0.497 e. The zero-order chi connectivity index (χ0) is 18.3. The van der Waals surface area contributed by atoms with Crippen LogP contribution in [0.5, 0.6) is 11.6 Å². The number of benzene rings is 2. The van der Waals surface area contributed by atoms with Crippen LogP contribution < -0.4 is 9.47 Å².